The summed E-state index contributed by atoms with van der Waals surface area (Å²) in [5.41, 5.74) is 0. The first-order valence-electron chi connectivity index (χ1n) is 7.41. The van der Waals surface area contributed by atoms with Gasteiger partial charge in [-0.2, -0.15) is 17.0 Å². The molecule has 1 heterocycles. The largest absolute Gasteiger partial charge is 0.481 e. The summed E-state index contributed by atoms with van der Waals surface area (Å²) in [6, 6.07) is 0. The van der Waals surface area contributed by atoms with Crippen molar-refractivity contribution < 1.29 is 18.3 Å². The first kappa shape index (κ1) is 18.3. The summed E-state index contributed by atoms with van der Waals surface area (Å²) in [5.74, 6) is -1.50. The molecule has 0 aromatic rings. The number of nitrogens with zero attached hydrogens (tertiary/aromatic N) is 3. The minimum absolute atomic E-state index is 0.0832. The van der Waals surface area contributed by atoms with Gasteiger partial charge in [0.05, 0.1) is 5.92 Å². The van der Waals surface area contributed by atoms with Crippen molar-refractivity contribution in [1.82, 2.24) is 13.5 Å². The van der Waals surface area contributed by atoms with Crippen molar-refractivity contribution in [1.29, 1.82) is 0 Å². The van der Waals surface area contributed by atoms with E-state index in [2.05, 4.69) is 0 Å². The molecule has 1 rings (SSSR count). The maximum atomic E-state index is 12.7. The summed E-state index contributed by atoms with van der Waals surface area (Å²) in [5, 5.41) is 9.10. The van der Waals surface area contributed by atoms with Gasteiger partial charge in [0.15, 0.2) is 0 Å². The summed E-state index contributed by atoms with van der Waals surface area (Å²) >= 11 is 0. The van der Waals surface area contributed by atoms with Crippen LogP contribution in [-0.2, 0) is 15.0 Å². The first-order chi connectivity index (χ1) is 9.78. The summed E-state index contributed by atoms with van der Waals surface area (Å²) in [6.45, 7) is 3.97. The zero-order chi connectivity index (χ0) is 16.0. The van der Waals surface area contributed by atoms with Crippen LogP contribution in [0.5, 0.6) is 0 Å². The Morgan fingerprint density at radius 2 is 1.95 bits per heavy atom. The number of carboxylic acids is 1. The molecule has 0 aromatic heterocycles. The maximum absolute atomic E-state index is 12.7. The Bertz CT molecular complexity index is 439. The zero-order valence-corrected chi connectivity index (χ0v) is 14.0. The van der Waals surface area contributed by atoms with Crippen LogP contribution >= 0.6 is 0 Å². The molecule has 0 amide bonds. The van der Waals surface area contributed by atoms with Gasteiger partial charge in [0, 0.05) is 32.7 Å². The molecule has 1 atom stereocenters. The highest BCUT2D eigenvalue weighted by molar-refractivity contribution is 7.86. The molecule has 0 bridgehead atoms. The second-order valence-electron chi connectivity index (χ2n) is 5.75. The molecule has 21 heavy (non-hydrogen) atoms. The smallest absolute Gasteiger partial charge is 0.307 e. The fourth-order valence-corrected chi connectivity index (χ4v) is 4.20. The van der Waals surface area contributed by atoms with Gasteiger partial charge >= 0.3 is 5.97 Å². The predicted octanol–water partition coefficient (Wildman–Crippen LogP) is 0.301. The summed E-state index contributed by atoms with van der Waals surface area (Å²) in [6.07, 6.45) is 1.89. The minimum Gasteiger partial charge on any atom is -0.481 e. The van der Waals surface area contributed by atoms with Crippen molar-refractivity contribution in [3.05, 3.63) is 0 Å². The second kappa shape index (κ2) is 8.07. The van der Waals surface area contributed by atoms with Gasteiger partial charge in [-0.1, -0.05) is 6.92 Å². The van der Waals surface area contributed by atoms with Crippen LogP contribution in [0.1, 0.15) is 26.2 Å². The highest BCUT2D eigenvalue weighted by Crippen LogP contribution is 2.21. The van der Waals surface area contributed by atoms with Crippen LogP contribution in [0.25, 0.3) is 0 Å². The molecular weight excluding hydrogens is 294 g/mol. The lowest BCUT2D eigenvalue weighted by Gasteiger charge is -2.34. The molecule has 1 saturated heterocycles. The average Bonchev–Trinajstić information content (AvgIpc) is 2.43. The molecule has 1 fully saturated rings. The third kappa shape index (κ3) is 5.21. The van der Waals surface area contributed by atoms with Crippen LogP contribution in [0, 0.1) is 5.92 Å². The molecule has 0 aromatic carbocycles. The van der Waals surface area contributed by atoms with Gasteiger partial charge in [0.2, 0.25) is 0 Å². The monoisotopic (exact) mass is 321 g/mol. The molecular formula is C13H27N3O4S. The van der Waals surface area contributed by atoms with E-state index in [4.69, 9.17) is 5.11 Å². The van der Waals surface area contributed by atoms with Gasteiger partial charge < -0.3 is 10.0 Å². The molecule has 7 nitrogen and oxygen atoms in total. The number of hydrogen-bond donors (Lipinski definition) is 1. The lowest BCUT2D eigenvalue weighted by Crippen LogP contribution is -2.50. The minimum atomic E-state index is -3.57. The van der Waals surface area contributed by atoms with Crippen molar-refractivity contribution in [2.75, 3.05) is 46.8 Å². The average molecular weight is 321 g/mol. The third-order valence-electron chi connectivity index (χ3n) is 3.66. The van der Waals surface area contributed by atoms with E-state index in [1.54, 1.807) is 0 Å². The van der Waals surface area contributed by atoms with Gasteiger partial charge in [-0.05, 0) is 33.4 Å². The van der Waals surface area contributed by atoms with Crippen molar-refractivity contribution >= 4 is 16.2 Å². The van der Waals surface area contributed by atoms with Crippen LogP contribution in [0.2, 0.25) is 0 Å². The molecule has 1 aliphatic rings. The van der Waals surface area contributed by atoms with E-state index >= 15 is 0 Å². The van der Waals surface area contributed by atoms with Gasteiger partial charge in [-0.25, -0.2) is 0 Å². The van der Waals surface area contributed by atoms with E-state index < -0.39 is 22.1 Å². The number of aliphatic carboxylic acids is 1. The Morgan fingerprint density at radius 1 is 1.29 bits per heavy atom. The normalized spacial score (nSPS) is 21.1. The van der Waals surface area contributed by atoms with E-state index in [1.807, 2.05) is 25.9 Å². The van der Waals surface area contributed by atoms with Gasteiger partial charge in [-0.15, -0.1) is 0 Å². The number of rotatable bonds is 8. The molecule has 1 N–H and O–H groups in total. The molecule has 124 valence electrons. The Labute approximate surface area is 127 Å². The molecule has 0 radical (unpaired) electrons. The third-order valence-corrected chi connectivity index (χ3v) is 5.66. The zero-order valence-electron chi connectivity index (χ0n) is 13.2. The Kier molecular flexibility index (Phi) is 7.05. The lowest BCUT2D eigenvalue weighted by molar-refractivity contribution is -0.142. The Hall–Kier alpha value is -0.700. The van der Waals surface area contributed by atoms with Gasteiger partial charge in [0.25, 0.3) is 10.2 Å². The standard InChI is InChI=1S/C13H27N3O4S/c1-4-7-15(10-9-14(2)3)21(19,20)16-8-5-6-12(11-16)13(17)18/h12H,4-11H2,1-3H3,(H,17,18). The van der Waals surface area contributed by atoms with Crippen LogP contribution < -0.4 is 0 Å². The van der Waals surface area contributed by atoms with E-state index in [1.165, 1.54) is 8.61 Å². The number of carbonyl (C=O) groups is 1. The molecule has 0 aliphatic carbocycles. The van der Waals surface area contributed by atoms with Crippen molar-refractivity contribution in [2.24, 2.45) is 5.92 Å². The number of piperidine rings is 1. The van der Waals surface area contributed by atoms with Gasteiger partial charge in [-0.3, -0.25) is 4.79 Å². The molecule has 0 spiro atoms. The quantitative estimate of drug-likeness (QED) is 0.695. The highest BCUT2D eigenvalue weighted by Gasteiger charge is 2.35. The van der Waals surface area contributed by atoms with Crippen LogP contribution in [0.3, 0.4) is 0 Å². The maximum Gasteiger partial charge on any atom is 0.307 e. The number of likely N-dealkylation sites (N-methyl/N-ethyl adjacent to an activating group) is 1. The fraction of sp³-hybridized carbons (Fsp3) is 0.923. The van der Waals surface area contributed by atoms with Crippen LogP contribution in [-0.4, -0.2) is 79.8 Å². The van der Waals surface area contributed by atoms with E-state index in [0.29, 0.717) is 39.0 Å². The molecule has 0 saturated carbocycles. The Balaban J connectivity index is 2.81. The fourth-order valence-electron chi connectivity index (χ4n) is 2.42. The Morgan fingerprint density at radius 3 is 2.48 bits per heavy atom. The van der Waals surface area contributed by atoms with Crippen molar-refractivity contribution in [3.63, 3.8) is 0 Å². The van der Waals surface area contributed by atoms with Crippen molar-refractivity contribution in [2.45, 2.75) is 26.2 Å². The lowest BCUT2D eigenvalue weighted by atomic mass is 10.0. The summed E-state index contributed by atoms with van der Waals surface area (Å²) in [4.78, 5) is 13.0. The number of hydrogen-bond acceptors (Lipinski definition) is 4. The van der Waals surface area contributed by atoms with Crippen LogP contribution in [0.4, 0.5) is 0 Å². The van der Waals surface area contributed by atoms with E-state index in [9.17, 15) is 13.2 Å². The summed E-state index contributed by atoms with van der Waals surface area (Å²) in [7, 11) is 0.230. The SMILES string of the molecule is CCCN(CCN(C)C)S(=O)(=O)N1CCCC(C(=O)O)C1. The topological polar surface area (TPSA) is 81.2 Å². The van der Waals surface area contributed by atoms with E-state index in [-0.39, 0.29) is 6.54 Å². The molecule has 1 aliphatic heterocycles. The first-order valence-corrected chi connectivity index (χ1v) is 8.81. The van der Waals surface area contributed by atoms with Crippen LogP contribution in [0.15, 0.2) is 0 Å². The second-order valence-corrected chi connectivity index (χ2v) is 7.67. The molecule has 1 unspecified atom stereocenters. The summed E-state index contributed by atoms with van der Waals surface area (Å²) < 4.78 is 28.2. The van der Waals surface area contributed by atoms with E-state index in [0.717, 1.165) is 6.42 Å². The number of carboxylic acid groups (broad SMARTS) is 1. The van der Waals surface area contributed by atoms with Gasteiger partial charge in [0.1, 0.15) is 0 Å². The predicted molar refractivity (Wildman–Crippen MR) is 81.3 cm³/mol. The molecule has 8 heteroatoms. The highest BCUT2D eigenvalue weighted by atomic mass is 32.2. The van der Waals surface area contributed by atoms with Crippen molar-refractivity contribution in [3.8, 4) is 0 Å².